The number of amides is 1. The molecule has 0 aromatic rings. The lowest BCUT2D eigenvalue weighted by Crippen LogP contribution is -2.45. The van der Waals surface area contributed by atoms with Crippen LogP contribution in [0.1, 0.15) is 412 Å². The SMILES string of the molecule is CCCC/C=C\CCCCCCCC(=O)OCCCCCCCCCCCCCCCCCCCCCCCCCCCCCCCCCCCC(=O)NC(CO)C(O)/C=C/CCCCCCCCCCCCCCCCCCC. The number of esters is 1. The maximum Gasteiger partial charge on any atom is 0.305 e. The van der Waals surface area contributed by atoms with Crippen molar-refractivity contribution in [1.82, 2.24) is 5.32 Å². The van der Waals surface area contributed by atoms with Gasteiger partial charge >= 0.3 is 5.97 Å². The third-order valence-corrected chi connectivity index (χ3v) is 17.2. The van der Waals surface area contributed by atoms with Crippen LogP contribution in [0.5, 0.6) is 0 Å². The molecule has 6 heteroatoms. The van der Waals surface area contributed by atoms with Crippen LogP contribution in [0.25, 0.3) is 0 Å². The molecule has 0 aliphatic heterocycles. The van der Waals surface area contributed by atoms with Gasteiger partial charge in [0.05, 0.1) is 25.4 Å². The van der Waals surface area contributed by atoms with Crippen molar-refractivity contribution in [2.24, 2.45) is 0 Å². The first kappa shape index (κ1) is 78.3. The third kappa shape index (κ3) is 65.5. The van der Waals surface area contributed by atoms with Gasteiger partial charge in [-0.05, 0) is 51.4 Å². The Morgan fingerprint density at radius 2 is 0.600 bits per heavy atom. The van der Waals surface area contributed by atoms with Gasteiger partial charge in [-0.15, -0.1) is 0 Å². The topological polar surface area (TPSA) is 95.9 Å². The lowest BCUT2D eigenvalue weighted by atomic mass is 10.0. The minimum Gasteiger partial charge on any atom is -0.466 e. The summed E-state index contributed by atoms with van der Waals surface area (Å²) < 4.78 is 5.47. The predicted molar refractivity (Wildman–Crippen MR) is 352 cm³/mol. The first-order valence-corrected chi connectivity index (χ1v) is 36.6. The summed E-state index contributed by atoms with van der Waals surface area (Å²) in [6.07, 6.45) is 88.5. The molecule has 0 rings (SSSR count). The zero-order valence-corrected chi connectivity index (χ0v) is 54.3. The van der Waals surface area contributed by atoms with Crippen molar-refractivity contribution < 1.29 is 24.5 Å². The lowest BCUT2D eigenvalue weighted by molar-refractivity contribution is -0.143. The number of allylic oxidation sites excluding steroid dienone is 3. The van der Waals surface area contributed by atoms with Gasteiger partial charge in [0.15, 0.2) is 0 Å². The van der Waals surface area contributed by atoms with Gasteiger partial charge in [0.25, 0.3) is 0 Å². The molecule has 0 saturated heterocycles. The number of hydrogen-bond donors (Lipinski definition) is 3. The van der Waals surface area contributed by atoms with Crippen molar-refractivity contribution in [2.45, 2.75) is 424 Å². The van der Waals surface area contributed by atoms with Crippen LogP contribution in [0.15, 0.2) is 24.3 Å². The van der Waals surface area contributed by atoms with Gasteiger partial charge in [0.2, 0.25) is 5.91 Å². The minimum atomic E-state index is -0.841. The Morgan fingerprint density at radius 3 is 0.925 bits per heavy atom. The highest BCUT2D eigenvalue weighted by Gasteiger charge is 2.18. The van der Waals surface area contributed by atoms with Crippen LogP contribution in [0.3, 0.4) is 0 Å². The fourth-order valence-corrected chi connectivity index (χ4v) is 11.6. The van der Waals surface area contributed by atoms with E-state index >= 15 is 0 Å². The van der Waals surface area contributed by atoms with Crippen molar-refractivity contribution in [1.29, 1.82) is 0 Å². The molecule has 3 N–H and O–H groups in total. The van der Waals surface area contributed by atoms with E-state index in [1.54, 1.807) is 6.08 Å². The van der Waals surface area contributed by atoms with Crippen molar-refractivity contribution in [2.75, 3.05) is 13.2 Å². The van der Waals surface area contributed by atoms with Gasteiger partial charge in [0.1, 0.15) is 0 Å². The summed E-state index contributed by atoms with van der Waals surface area (Å²) in [5, 5.41) is 23.2. The summed E-state index contributed by atoms with van der Waals surface area (Å²) in [5.74, 6) is -0.0483. The molecule has 474 valence electrons. The minimum absolute atomic E-state index is 0.0109. The molecule has 80 heavy (non-hydrogen) atoms. The molecule has 6 nitrogen and oxygen atoms in total. The summed E-state index contributed by atoms with van der Waals surface area (Å²) in [7, 11) is 0. The number of carbonyl (C=O) groups is 2. The average Bonchev–Trinajstić information content (AvgIpc) is 3.46. The van der Waals surface area contributed by atoms with Crippen molar-refractivity contribution in [3.05, 3.63) is 24.3 Å². The molecule has 0 radical (unpaired) electrons. The van der Waals surface area contributed by atoms with Crippen LogP contribution in [0.4, 0.5) is 0 Å². The Kier molecular flexibility index (Phi) is 68.4. The maximum absolute atomic E-state index is 12.5. The molecule has 0 aliphatic carbocycles. The monoisotopic (exact) mass is 1130 g/mol. The molecule has 1 amide bonds. The highest BCUT2D eigenvalue weighted by Crippen LogP contribution is 2.19. The lowest BCUT2D eigenvalue weighted by Gasteiger charge is -2.20. The van der Waals surface area contributed by atoms with E-state index in [9.17, 15) is 19.8 Å². The van der Waals surface area contributed by atoms with Gasteiger partial charge in [-0.3, -0.25) is 9.59 Å². The first-order chi connectivity index (χ1) is 39.5. The smallest absolute Gasteiger partial charge is 0.305 e. The molecule has 0 aromatic carbocycles. The molecule has 2 unspecified atom stereocenters. The summed E-state index contributed by atoms with van der Waals surface area (Å²) in [5.41, 5.74) is 0. The quantitative estimate of drug-likeness (QED) is 0.0320. The van der Waals surface area contributed by atoms with Crippen LogP contribution in [0.2, 0.25) is 0 Å². The molecular formula is C74H143NO5. The van der Waals surface area contributed by atoms with E-state index in [-0.39, 0.29) is 18.5 Å². The third-order valence-electron chi connectivity index (χ3n) is 17.2. The number of unbranched alkanes of at least 4 members (excludes halogenated alkanes) is 56. The van der Waals surface area contributed by atoms with E-state index in [1.807, 2.05) is 6.08 Å². The Labute approximate surface area is 501 Å². The van der Waals surface area contributed by atoms with E-state index in [0.29, 0.717) is 19.4 Å². The summed E-state index contributed by atoms with van der Waals surface area (Å²) >= 11 is 0. The Morgan fingerprint density at radius 1 is 0.338 bits per heavy atom. The molecule has 0 heterocycles. The summed E-state index contributed by atoms with van der Waals surface area (Å²) in [6, 6.07) is -0.624. The van der Waals surface area contributed by atoms with E-state index in [2.05, 4.69) is 31.3 Å². The second kappa shape index (κ2) is 69.8. The van der Waals surface area contributed by atoms with E-state index in [1.165, 1.54) is 340 Å². The molecule has 0 fully saturated rings. The Balaban J connectivity index is 3.34. The number of nitrogens with one attached hydrogen (secondary N) is 1. The van der Waals surface area contributed by atoms with Crippen molar-refractivity contribution in [3.8, 4) is 0 Å². The highest BCUT2D eigenvalue weighted by molar-refractivity contribution is 5.76. The number of aliphatic hydroxyl groups excluding tert-OH is 2. The Bertz CT molecular complexity index is 1250. The first-order valence-electron chi connectivity index (χ1n) is 36.6. The molecule has 2 atom stereocenters. The largest absolute Gasteiger partial charge is 0.466 e. The standard InChI is InChI=1S/C74H143NO5/c1-3-5-7-9-11-13-15-16-17-18-34-37-40-43-47-50-54-58-62-66-72(77)71(70-76)75-73(78)67-63-59-55-51-48-44-41-38-35-32-30-28-26-24-22-20-19-21-23-25-27-29-31-33-36-39-42-45-49-53-57-61-65-69-80-74(79)68-64-60-56-52-46-14-12-10-8-6-4-2/h10,12,62,66,71-72,76-77H,3-9,11,13-61,63-65,67-70H2,1-2H3,(H,75,78)/b12-10-,66-62+. The zero-order chi connectivity index (χ0) is 57.8. The Hall–Kier alpha value is -1.66. The second-order valence-corrected chi connectivity index (χ2v) is 25.3. The van der Waals surface area contributed by atoms with Gasteiger partial charge in [-0.1, -0.05) is 372 Å². The van der Waals surface area contributed by atoms with Gasteiger partial charge in [-0.2, -0.15) is 0 Å². The fourth-order valence-electron chi connectivity index (χ4n) is 11.6. The molecule has 0 spiro atoms. The van der Waals surface area contributed by atoms with E-state index in [4.69, 9.17) is 4.74 Å². The van der Waals surface area contributed by atoms with Gasteiger partial charge in [0, 0.05) is 12.8 Å². The molecule has 0 saturated carbocycles. The number of hydrogen-bond acceptors (Lipinski definition) is 5. The number of rotatable bonds is 69. The molecule has 0 bridgehead atoms. The molecule has 0 aromatic heterocycles. The van der Waals surface area contributed by atoms with Crippen LogP contribution in [0, 0.1) is 0 Å². The summed E-state index contributed by atoms with van der Waals surface area (Å²) in [4.78, 5) is 24.5. The second-order valence-electron chi connectivity index (χ2n) is 25.3. The van der Waals surface area contributed by atoms with Crippen molar-refractivity contribution in [3.63, 3.8) is 0 Å². The summed E-state index contributed by atoms with van der Waals surface area (Å²) in [6.45, 7) is 4.91. The van der Waals surface area contributed by atoms with Gasteiger partial charge < -0.3 is 20.3 Å². The van der Waals surface area contributed by atoms with E-state index < -0.39 is 12.1 Å². The number of ether oxygens (including phenoxy) is 1. The predicted octanol–water partition coefficient (Wildman–Crippen LogP) is 23.7. The zero-order valence-electron chi connectivity index (χ0n) is 54.3. The maximum atomic E-state index is 12.5. The number of carbonyl (C=O) groups excluding carboxylic acids is 2. The average molecular weight is 1130 g/mol. The molecular weight excluding hydrogens is 983 g/mol. The fraction of sp³-hybridized carbons (Fsp3) is 0.919. The normalized spacial score (nSPS) is 12.6. The van der Waals surface area contributed by atoms with Crippen LogP contribution >= 0.6 is 0 Å². The number of aliphatic hydroxyl groups is 2. The highest BCUT2D eigenvalue weighted by atomic mass is 16.5. The molecule has 0 aliphatic rings. The van der Waals surface area contributed by atoms with Crippen LogP contribution < -0.4 is 5.32 Å². The van der Waals surface area contributed by atoms with Crippen molar-refractivity contribution >= 4 is 11.9 Å². The van der Waals surface area contributed by atoms with Gasteiger partial charge in [-0.25, -0.2) is 0 Å². The van der Waals surface area contributed by atoms with Crippen LogP contribution in [-0.4, -0.2) is 47.4 Å². The van der Waals surface area contributed by atoms with E-state index in [0.717, 1.165) is 44.9 Å². The van der Waals surface area contributed by atoms with Crippen LogP contribution in [-0.2, 0) is 14.3 Å².